The summed E-state index contributed by atoms with van der Waals surface area (Å²) in [6.07, 6.45) is 1.12. The Hall–Kier alpha value is -3.06. The van der Waals surface area contributed by atoms with Gasteiger partial charge in [-0.05, 0) is 58.3 Å². The molecule has 0 aliphatic heterocycles. The van der Waals surface area contributed by atoms with Crippen LogP contribution in [-0.4, -0.2) is 20.6 Å². The van der Waals surface area contributed by atoms with E-state index in [1.807, 2.05) is 36.4 Å². The zero-order valence-electron chi connectivity index (χ0n) is 18.3. The number of hydrogen-bond donors (Lipinski definition) is 1. The molecule has 0 spiro atoms. The molecule has 4 rings (SSSR count). The minimum absolute atomic E-state index is 0.0779. The van der Waals surface area contributed by atoms with Crippen molar-refractivity contribution in [3.63, 3.8) is 0 Å². The highest BCUT2D eigenvalue weighted by Crippen LogP contribution is 2.28. The first-order valence-electron chi connectivity index (χ1n) is 10.5. The molecule has 4 aromatic rings. The van der Waals surface area contributed by atoms with Crippen molar-refractivity contribution in [2.45, 2.75) is 13.1 Å². The van der Waals surface area contributed by atoms with Crippen molar-refractivity contribution >= 4 is 55.6 Å². The first-order chi connectivity index (χ1) is 16.2. The van der Waals surface area contributed by atoms with E-state index >= 15 is 0 Å². The zero-order valence-corrected chi connectivity index (χ0v) is 20.7. The first kappa shape index (κ1) is 24.1. The predicted molar refractivity (Wildman–Crippen MR) is 139 cm³/mol. The van der Waals surface area contributed by atoms with Gasteiger partial charge in [-0.15, -0.1) is 0 Å². The van der Waals surface area contributed by atoms with E-state index in [1.54, 1.807) is 42.5 Å². The smallest absolute Gasteiger partial charge is 0.251 e. The van der Waals surface area contributed by atoms with Gasteiger partial charge in [0.25, 0.3) is 5.91 Å². The normalized spacial score (nSPS) is 11.4. The molecule has 174 valence electrons. The lowest BCUT2D eigenvalue weighted by atomic mass is 10.1. The molecule has 0 fully saturated rings. The number of benzene rings is 4. The first-order valence-corrected chi connectivity index (χ1v) is 13.1. The van der Waals surface area contributed by atoms with Gasteiger partial charge in [-0.3, -0.25) is 9.10 Å². The van der Waals surface area contributed by atoms with Crippen LogP contribution in [0.5, 0.6) is 0 Å². The van der Waals surface area contributed by atoms with Gasteiger partial charge in [-0.1, -0.05) is 71.7 Å². The maximum Gasteiger partial charge on any atom is 0.251 e. The van der Waals surface area contributed by atoms with E-state index < -0.39 is 10.0 Å². The van der Waals surface area contributed by atoms with Gasteiger partial charge >= 0.3 is 0 Å². The molecule has 0 saturated heterocycles. The Morgan fingerprint density at radius 1 is 0.824 bits per heavy atom. The summed E-state index contributed by atoms with van der Waals surface area (Å²) in [6.45, 7) is 0.483. The Bertz CT molecular complexity index is 1430. The van der Waals surface area contributed by atoms with Crippen molar-refractivity contribution in [2.75, 3.05) is 10.6 Å². The summed E-state index contributed by atoms with van der Waals surface area (Å²) >= 11 is 12.1. The van der Waals surface area contributed by atoms with Crippen LogP contribution in [0.25, 0.3) is 10.8 Å². The van der Waals surface area contributed by atoms with Crippen LogP contribution in [0.2, 0.25) is 10.0 Å². The molecule has 0 saturated carbocycles. The third-order valence-electron chi connectivity index (χ3n) is 5.34. The standard InChI is InChI=1S/C26H22Cl2N2O3S/c1-34(32,33)30(25-14-23(27)13-24(28)15-25)17-18-6-10-21(11-7-18)26(31)29-16-19-8-9-20-4-2-3-5-22(20)12-19/h2-15H,16-17H2,1H3,(H,29,31). The van der Waals surface area contributed by atoms with Crippen LogP contribution in [0.1, 0.15) is 21.5 Å². The van der Waals surface area contributed by atoms with Gasteiger partial charge in [0.1, 0.15) is 0 Å². The minimum Gasteiger partial charge on any atom is -0.348 e. The van der Waals surface area contributed by atoms with Gasteiger partial charge in [0.05, 0.1) is 18.5 Å². The number of anilines is 1. The largest absolute Gasteiger partial charge is 0.348 e. The van der Waals surface area contributed by atoms with E-state index in [1.165, 1.54) is 4.31 Å². The van der Waals surface area contributed by atoms with Gasteiger partial charge in [-0.2, -0.15) is 0 Å². The molecule has 0 aliphatic carbocycles. The molecule has 34 heavy (non-hydrogen) atoms. The molecule has 0 radical (unpaired) electrons. The molecule has 5 nitrogen and oxygen atoms in total. The Kier molecular flexibility index (Phi) is 7.12. The van der Waals surface area contributed by atoms with Gasteiger partial charge in [-0.25, -0.2) is 8.42 Å². The van der Waals surface area contributed by atoms with E-state index in [-0.39, 0.29) is 12.5 Å². The van der Waals surface area contributed by atoms with Crippen molar-refractivity contribution in [1.82, 2.24) is 5.32 Å². The number of rotatable bonds is 7. The average molecular weight is 513 g/mol. The van der Waals surface area contributed by atoms with Crippen molar-refractivity contribution < 1.29 is 13.2 Å². The Balaban J connectivity index is 1.45. The van der Waals surface area contributed by atoms with Crippen LogP contribution < -0.4 is 9.62 Å². The van der Waals surface area contributed by atoms with Crippen LogP contribution in [0.15, 0.2) is 84.9 Å². The quantitative estimate of drug-likeness (QED) is 0.328. The molecular weight excluding hydrogens is 491 g/mol. The van der Waals surface area contributed by atoms with E-state index in [9.17, 15) is 13.2 Å². The lowest BCUT2D eigenvalue weighted by Gasteiger charge is -2.23. The molecule has 4 aromatic carbocycles. The zero-order chi connectivity index (χ0) is 24.3. The second kappa shape index (κ2) is 10.1. The molecule has 0 aromatic heterocycles. The van der Waals surface area contributed by atoms with Crippen LogP contribution in [0.3, 0.4) is 0 Å². The second-order valence-corrected chi connectivity index (χ2v) is 10.7. The fourth-order valence-corrected chi connectivity index (χ4v) is 5.03. The van der Waals surface area contributed by atoms with E-state index in [4.69, 9.17) is 23.2 Å². The fraction of sp³-hybridized carbons (Fsp3) is 0.115. The highest BCUT2D eigenvalue weighted by Gasteiger charge is 2.19. The summed E-state index contributed by atoms with van der Waals surface area (Å²) in [4.78, 5) is 12.6. The molecule has 0 aliphatic rings. The monoisotopic (exact) mass is 512 g/mol. The number of nitrogens with zero attached hydrogens (tertiary/aromatic N) is 1. The lowest BCUT2D eigenvalue weighted by Crippen LogP contribution is -2.29. The third kappa shape index (κ3) is 5.89. The maximum absolute atomic E-state index is 12.6. The summed E-state index contributed by atoms with van der Waals surface area (Å²) in [5.74, 6) is -0.207. The summed E-state index contributed by atoms with van der Waals surface area (Å²) < 4.78 is 26.0. The summed E-state index contributed by atoms with van der Waals surface area (Å²) in [5.41, 5.74) is 2.58. The molecule has 1 N–H and O–H groups in total. The van der Waals surface area contributed by atoms with Crippen LogP contribution >= 0.6 is 23.2 Å². The molecule has 0 unspecified atom stereocenters. The lowest BCUT2D eigenvalue weighted by molar-refractivity contribution is 0.0951. The van der Waals surface area contributed by atoms with Crippen molar-refractivity contribution in [3.05, 3.63) is 112 Å². The maximum atomic E-state index is 12.6. The third-order valence-corrected chi connectivity index (χ3v) is 6.92. The molecule has 8 heteroatoms. The molecule has 1 amide bonds. The summed E-state index contributed by atoms with van der Waals surface area (Å²) in [7, 11) is -3.59. The number of nitrogens with one attached hydrogen (secondary N) is 1. The molecule has 0 heterocycles. The Morgan fingerprint density at radius 3 is 2.09 bits per heavy atom. The van der Waals surface area contributed by atoms with Gasteiger partial charge < -0.3 is 5.32 Å². The van der Waals surface area contributed by atoms with E-state index in [0.29, 0.717) is 33.4 Å². The number of sulfonamides is 1. The van der Waals surface area contributed by atoms with Crippen molar-refractivity contribution in [3.8, 4) is 0 Å². The Labute approximate surface area is 209 Å². The van der Waals surface area contributed by atoms with Crippen molar-refractivity contribution in [1.29, 1.82) is 0 Å². The highest BCUT2D eigenvalue weighted by molar-refractivity contribution is 7.92. The van der Waals surface area contributed by atoms with E-state index in [0.717, 1.165) is 22.6 Å². The van der Waals surface area contributed by atoms with E-state index in [2.05, 4.69) is 11.4 Å². The van der Waals surface area contributed by atoms with Crippen molar-refractivity contribution in [2.24, 2.45) is 0 Å². The number of amides is 1. The highest BCUT2D eigenvalue weighted by atomic mass is 35.5. The van der Waals surface area contributed by atoms with Crippen LogP contribution in [0, 0.1) is 0 Å². The minimum atomic E-state index is -3.59. The van der Waals surface area contributed by atoms with Crippen LogP contribution in [-0.2, 0) is 23.1 Å². The molecular formula is C26H22Cl2N2O3S. The Morgan fingerprint density at radius 2 is 1.44 bits per heavy atom. The topological polar surface area (TPSA) is 66.5 Å². The molecule has 0 atom stereocenters. The van der Waals surface area contributed by atoms with Gasteiger partial charge in [0, 0.05) is 22.2 Å². The second-order valence-electron chi connectivity index (χ2n) is 7.96. The number of fused-ring (bicyclic) bond motifs is 1. The van der Waals surface area contributed by atoms with Gasteiger partial charge in [0.15, 0.2) is 0 Å². The predicted octanol–water partition coefficient (Wildman–Crippen LogP) is 6.04. The average Bonchev–Trinajstić information content (AvgIpc) is 2.80. The number of carbonyl (C=O) groups excluding carboxylic acids is 1. The number of carbonyl (C=O) groups is 1. The fourth-order valence-electron chi connectivity index (χ4n) is 3.64. The molecule has 0 bridgehead atoms. The number of halogens is 2. The van der Waals surface area contributed by atoms with Gasteiger partial charge in [0.2, 0.25) is 10.0 Å². The van der Waals surface area contributed by atoms with Crippen LogP contribution in [0.4, 0.5) is 5.69 Å². The SMILES string of the molecule is CS(=O)(=O)N(Cc1ccc(C(=O)NCc2ccc3ccccc3c2)cc1)c1cc(Cl)cc(Cl)c1. The summed E-state index contributed by atoms with van der Waals surface area (Å²) in [5, 5.41) is 5.88. The summed E-state index contributed by atoms with van der Waals surface area (Å²) in [6, 6.07) is 25.6. The number of hydrogen-bond acceptors (Lipinski definition) is 3.